The van der Waals surface area contributed by atoms with E-state index in [1.807, 2.05) is 0 Å². The molecule has 6 heteroatoms. The maximum atomic E-state index is 12.3. The Bertz CT molecular complexity index is 686. The van der Waals surface area contributed by atoms with Crippen LogP contribution < -0.4 is 10.5 Å². The Kier molecular flexibility index (Phi) is 4.45. The van der Waals surface area contributed by atoms with Crippen molar-refractivity contribution < 1.29 is 19.1 Å². The summed E-state index contributed by atoms with van der Waals surface area (Å²) < 4.78 is 9.81. The Morgan fingerprint density at radius 3 is 2.33 bits per heavy atom. The highest BCUT2D eigenvalue weighted by atomic mass is 35.5. The van der Waals surface area contributed by atoms with Crippen LogP contribution in [0.3, 0.4) is 0 Å². The minimum atomic E-state index is -0.776. The molecule has 108 valence electrons. The standard InChI is InChI=1S/C15H12ClNO4/c1-20-14(18)10-7-8-11(16)13(17)12(10)15(19)21-9-5-3-2-4-6-9/h2-8H,17H2,1H3. The summed E-state index contributed by atoms with van der Waals surface area (Å²) in [6.45, 7) is 0. The molecular weight excluding hydrogens is 294 g/mol. The number of carbonyl (C=O) groups excluding carboxylic acids is 2. The molecule has 0 aromatic heterocycles. The zero-order chi connectivity index (χ0) is 15.4. The van der Waals surface area contributed by atoms with E-state index in [1.54, 1.807) is 30.3 Å². The van der Waals surface area contributed by atoms with E-state index < -0.39 is 11.9 Å². The second-order valence-corrected chi connectivity index (χ2v) is 4.48. The summed E-state index contributed by atoms with van der Waals surface area (Å²) in [5.74, 6) is -1.14. The Labute approximate surface area is 126 Å². The van der Waals surface area contributed by atoms with Gasteiger partial charge in [-0.1, -0.05) is 29.8 Å². The molecule has 0 atom stereocenters. The third-order valence-electron chi connectivity index (χ3n) is 2.76. The van der Waals surface area contributed by atoms with Gasteiger partial charge in [-0.3, -0.25) is 0 Å². The van der Waals surface area contributed by atoms with Crippen LogP contribution in [-0.2, 0) is 4.74 Å². The van der Waals surface area contributed by atoms with Crippen LogP contribution in [0.15, 0.2) is 42.5 Å². The number of hydrogen-bond donors (Lipinski definition) is 1. The van der Waals surface area contributed by atoms with Crippen molar-refractivity contribution in [3.63, 3.8) is 0 Å². The second kappa shape index (κ2) is 6.28. The number of ether oxygens (including phenoxy) is 2. The summed E-state index contributed by atoms with van der Waals surface area (Å²) in [5.41, 5.74) is 5.65. The van der Waals surface area contributed by atoms with Gasteiger partial charge in [-0.2, -0.15) is 0 Å². The van der Waals surface area contributed by atoms with Crippen molar-refractivity contribution in [2.45, 2.75) is 0 Å². The van der Waals surface area contributed by atoms with Crippen LogP contribution >= 0.6 is 11.6 Å². The monoisotopic (exact) mass is 305 g/mol. The molecule has 2 rings (SSSR count). The minimum Gasteiger partial charge on any atom is -0.465 e. The Morgan fingerprint density at radius 1 is 1.05 bits per heavy atom. The van der Waals surface area contributed by atoms with Crippen LogP contribution in [0, 0.1) is 0 Å². The van der Waals surface area contributed by atoms with E-state index in [0.717, 1.165) is 0 Å². The number of anilines is 1. The SMILES string of the molecule is COC(=O)c1ccc(Cl)c(N)c1C(=O)Oc1ccccc1. The van der Waals surface area contributed by atoms with E-state index >= 15 is 0 Å². The van der Waals surface area contributed by atoms with Gasteiger partial charge in [-0.05, 0) is 24.3 Å². The number of nitrogens with two attached hydrogens (primary N) is 1. The highest BCUT2D eigenvalue weighted by Gasteiger charge is 2.24. The number of rotatable bonds is 3. The lowest BCUT2D eigenvalue weighted by Gasteiger charge is -2.11. The van der Waals surface area contributed by atoms with Crippen molar-refractivity contribution >= 4 is 29.2 Å². The number of carbonyl (C=O) groups is 2. The van der Waals surface area contributed by atoms with Crippen LogP contribution in [-0.4, -0.2) is 19.0 Å². The number of nitrogen functional groups attached to an aromatic ring is 1. The van der Waals surface area contributed by atoms with Crippen molar-refractivity contribution in [2.75, 3.05) is 12.8 Å². The number of esters is 2. The summed E-state index contributed by atoms with van der Waals surface area (Å²) >= 11 is 5.90. The fourth-order valence-corrected chi connectivity index (χ4v) is 1.90. The Hall–Kier alpha value is -2.53. The van der Waals surface area contributed by atoms with Crippen LogP contribution in [0.25, 0.3) is 0 Å². The van der Waals surface area contributed by atoms with Crippen molar-refractivity contribution in [1.82, 2.24) is 0 Å². The summed E-state index contributed by atoms with van der Waals surface area (Å²) in [4.78, 5) is 24.0. The van der Waals surface area contributed by atoms with Gasteiger partial charge in [0.05, 0.1) is 28.9 Å². The van der Waals surface area contributed by atoms with E-state index in [-0.39, 0.29) is 21.8 Å². The lowest BCUT2D eigenvalue weighted by molar-refractivity contribution is 0.0588. The Morgan fingerprint density at radius 2 is 1.71 bits per heavy atom. The van der Waals surface area contributed by atoms with Gasteiger partial charge in [0.15, 0.2) is 0 Å². The van der Waals surface area contributed by atoms with Gasteiger partial charge in [0.1, 0.15) is 5.75 Å². The highest BCUT2D eigenvalue weighted by Crippen LogP contribution is 2.28. The van der Waals surface area contributed by atoms with Gasteiger partial charge in [0.25, 0.3) is 0 Å². The fourth-order valence-electron chi connectivity index (χ4n) is 1.74. The zero-order valence-corrected chi connectivity index (χ0v) is 11.9. The number of para-hydroxylation sites is 1. The molecule has 0 amide bonds. The lowest BCUT2D eigenvalue weighted by atomic mass is 10.1. The summed E-state index contributed by atoms with van der Waals surface area (Å²) in [7, 11) is 1.21. The van der Waals surface area contributed by atoms with Crippen LogP contribution in [0.1, 0.15) is 20.7 Å². The second-order valence-electron chi connectivity index (χ2n) is 4.08. The van der Waals surface area contributed by atoms with E-state index in [4.69, 9.17) is 22.1 Å². The van der Waals surface area contributed by atoms with E-state index in [1.165, 1.54) is 19.2 Å². The molecule has 0 radical (unpaired) electrons. The molecule has 0 saturated carbocycles. The van der Waals surface area contributed by atoms with Gasteiger partial charge in [-0.15, -0.1) is 0 Å². The molecule has 0 unspecified atom stereocenters. The molecule has 0 fully saturated rings. The third kappa shape index (κ3) is 3.14. The maximum absolute atomic E-state index is 12.3. The van der Waals surface area contributed by atoms with E-state index in [9.17, 15) is 9.59 Å². The lowest BCUT2D eigenvalue weighted by Crippen LogP contribution is -2.17. The molecule has 2 aromatic rings. The zero-order valence-electron chi connectivity index (χ0n) is 11.1. The number of methoxy groups -OCH3 is 1. The van der Waals surface area contributed by atoms with Gasteiger partial charge in [0.2, 0.25) is 0 Å². The van der Waals surface area contributed by atoms with Gasteiger partial charge < -0.3 is 15.2 Å². The van der Waals surface area contributed by atoms with Gasteiger partial charge in [0, 0.05) is 0 Å². The molecule has 0 aliphatic carbocycles. The first-order chi connectivity index (χ1) is 10.0. The molecule has 0 bridgehead atoms. The van der Waals surface area contributed by atoms with Crippen LogP contribution in [0.2, 0.25) is 5.02 Å². The summed E-state index contributed by atoms with van der Waals surface area (Å²) in [6.07, 6.45) is 0. The first-order valence-electron chi connectivity index (χ1n) is 5.98. The fraction of sp³-hybridized carbons (Fsp3) is 0.0667. The van der Waals surface area contributed by atoms with Crippen molar-refractivity contribution in [3.05, 3.63) is 58.6 Å². The quantitative estimate of drug-likeness (QED) is 0.536. The average Bonchev–Trinajstić information content (AvgIpc) is 2.49. The summed E-state index contributed by atoms with van der Waals surface area (Å²) in [6, 6.07) is 11.2. The molecule has 0 spiro atoms. The predicted octanol–water partition coefficient (Wildman–Crippen LogP) is 2.93. The Balaban J connectivity index is 2.44. The predicted molar refractivity (Wildman–Crippen MR) is 78.6 cm³/mol. The van der Waals surface area contributed by atoms with Crippen molar-refractivity contribution in [3.8, 4) is 5.75 Å². The highest BCUT2D eigenvalue weighted by molar-refractivity contribution is 6.34. The number of benzene rings is 2. The first kappa shape index (κ1) is 14.9. The number of hydrogen-bond acceptors (Lipinski definition) is 5. The molecule has 0 aliphatic rings. The minimum absolute atomic E-state index is 0.000307. The van der Waals surface area contributed by atoms with Crippen molar-refractivity contribution in [1.29, 1.82) is 0 Å². The van der Waals surface area contributed by atoms with Crippen molar-refractivity contribution in [2.24, 2.45) is 0 Å². The van der Waals surface area contributed by atoms with Gasteiger partial charge >= 0.3 is 11.9 Å². The third-order valence-corrected chi connectivity index (χ3v) is 3.09. The molecule has 5 nitrogen and oxygen atoms in total. The maximum Gasteiger partial charge on any atom is 0.346 e. The van der Waals surface area contributed by atoms with Gasteiger partial charge in [-0.25, -0.2) is 9.59 Å². The smallest absolute Gasteiger partial charge is 0.346 e. The topological polar surface area (TPSA) is 78.6 Å². The molecule has 0 heterocycles. The largest absolute Gasteiger partial charge is 0.465 e. The molecule has 2 aromatic carbocycles. The first-order valence-corrected chi connectivity index (χ1v) is 6.36. The molecular formula is C15H12ClNO4. The molecule has 0 aliphatic heterocycles. The summed E-state index contributed by atoms with van der Waals surface area (Å²) in [5, 5.41) is 0.155. The van der Waals surface area contributed by atoms with Crippen LogP contribution in [0.5, 0.6) is 5.75 Å². The normalized spacial score (nSPS) is 10.0. The molecule has 0 saturated heterocycles. The number of halogens is 1. The van der Waals surface area contributed by atoms with Crippen LogP contribution in [0.4, 0.5) is 5.69 Å². The average molecular weight is 306 g/mol. The van der Waals surface area contributed by atoms with E-state index in [0.29, 0.717) is 5.75 Å². The molecule has 21 heavy (non-hydrogen) atoms. The molecule has 2 N–H and O–H groups in total. The van der Waals surface area contributed by atoms with E-state index in [2.05, 4.69) is 4.74 Å².